The molecule has 170 valence electrons. The van der Waals surface area contributed by atoms with Crippen LogP contribution in [-0.2, 0) is 14.8 Å². The summed E-state index contributed by atoms with van der Waals surface area (Å²) < 4.78 is 75.4. The summed E-state index contributed by atoms with van der Waals surface area (Å²) in [7, 11) is -1.73. The van der Waals surface area contributed by atoms with E-state index >= 15 is 0 Å². The Morgan fingerprint density at radius 1 is 1.29 bits per heavy atom. The number of nitrogens with one attached hydrogen (secondary N) is 2. The fourth-order valence-electron chi connectivity index (χ4n) is 7.05. The normalized spacial score (nSPS) is 42.4. The van der Waals surface area contributed by atoms with Crippen molar-refractivity contribution in [2.45, 2.75) is 50.3 Å². The minimum Gasteiger partial charge on any atom is -0.351 e. The largest absolute Gasteiger partial charge is 0.351 e. The first-order valence-electron chi connectivity index (χ1n) is 13.0. The highest BCUT2D eigenvalue weighted by Gasteiger charge is 2.74. The van der Waals surface area contributed by atoms with Crippen LogP contribution in [0.1, 0.15) is 50.1 Å². The number of piperidine rings is 1. The van der Waals surface area contributed by atoms with Crippen LogP contribution in [0.4, 0.5) is 4.39 Å². The molecule has 1 aromatic carbocycles. The van der Waals surface area contributed by atoms with Crippen molar-refractivity contribution in [3.63, 3.8) is 0 Å². The van der Waals surface area contributed by atoms with Gasteiger partial charge in [-0.2, -0.15) is 0 Å². The van der Waals surface area contributed by atoms with Gasteiger partial charge in [0.2, 0.25) is 15.9 Å². The molecule has 31 heavy (non-hydrogen) atoms. The summed E-state index contributed by atoms with van der Waals surface area (Å²) >= 11 is 0. The molecule has 4 aliphatic rings. The molecular weight excluding hydrogens is 417 g/mol. The van der Waals surface area contributed by atoms with Crippen molar-refractivity contribution < 1.29 is 23.1 Å². The SMILES string of the molecule is [2H]c1c([2H])c([C@@H]2CCN(C)C[C@@H]2C(=O)NC2C3CCC4(CNS(=O)(=O)C24)C3(C)C)c([2H])c([2H])c1F. The Morgan fingerprint density at radius 2 is 2.00 bits per heavy atom. The monoisotopic (exact) mass is 453 g/mol. The summed E-state index contributed by atoms with van der Waals surface area (Å²) in [4.78, 5) is 15.7. The molecule has 2 bridgehead atoms. The molecule has 2 saturated heterocycles. The molecule has 0 aromatic heterocycles. The fourth-order valence-corrected chi connectivity index (χ4v) is 9.43. The fraction of sp³-hybridized carbons (Fsp3) is 0.696. The molecule has 1 aromatic rings. The molecule has 2 heterocycles. The highest BCUT2D eigenvalue weighted by molar-refractivity contribution is 7.90. The van der Waals surface area contributed by atoms with Gasteiger partial charge in [0.05, 0.1) is 17.4 Å². The maximum atomic E-state index is 14.2. The first-order chi connectivity index (χ1) is 16.2. The van der Waals surface area contributed by atoms with E-state index in [1.165, 1.54) is 0 Å². The number of carbonyl (C=O) groups excluding carboxylic acids is 1. The Bertz CT molecular complexity index is 1180. The quantitative estimate of drug-likeness (QED) is 0.735. The maximum Gasteiger partial charge on any atom is 0.225 e. The van der Waals surface area contributed by atoms with Crippen LogP contribution >= 0.6 is 0 Å². The molecule has 6 atom stereocenters. The molecule has 2 saturated carbocycles. The van der Waals surface area contributed by atoms with Gasteiger partial charge in [-0.15, -0.1) is 0 Å². The van der Waals surface area contributed by atoms with Gasteiger partial charge in [0.1, 0.15) is 11.1 Å². The lowest BCUT2D eigenvalue weighted by Gasteiger charge is -2.38. The zero-order valence-corrected chi connectivity index (χ0v) is 18.9. The summed E-state index contributed by atoms with van der Waals surface area (Å²) in [5.41, 5.74) is -0.652. The van der Waals surface area contributed by atoms with Crippen LogP contribution in [0.25, 0.3) is 0 Å². The lowest BCUT2D eigenvalue weighted by atomic mass is 9.69. The number of rotatable bonds is 3. The van der Waals surface area contributed by atoms with Crippen LogP contribution in [0.3, 0.4) is 0 Å². The zero-order chi connectivity index (χ0) is 25.7. The van der Waals surface area contributed by atoms with E-state index in [4.69, 9.17) is 5.48 Å². The summed E-state index contributed by atoms with van der Waals surface area (Å²) in [6.45, 7) is 5.45. The second-order valence-electron chi connectivity index (χ2n) is 10.3. The third-order valence-corrected chi connectivity index (χ3v) is 10.7. The third kappa shape index (κ3) is 3.01. The topological polar surface area (TPSA) is 78.5 Å². The second-order valence-corrected chi connectivity index (χ2v) is 12.2. The number of amides is 1. The van der Waals surface area contributed by atoms with E-state index in [9.17, 15) is 17.6 Å². The number of likely N-dealkylation sites (tertiary alicyclic amines) is 1. The van der Waals surface area contributed by atoms with Crippen LogP contribution in [0, 0.1) is 28.5 Å². The molecule has 1 amide bonds. The van der Waals surface area contributed by atoms with E-state index in [1.54, 1.807) is 0 Å². The van der Waals surface area contributed by atoms with Crippen LogP contribution in [0.2, 0.25) is 0 Å². The predicted molar refractivity (Wildman–Crippen MR) is 116 cm³/mol. The number of sulfonamides is 1. The Labute approximate surface area is 189 Å². The van der Waals surface area contributed by atoms with E-state index in [0.717, 1.165) is 12.8 Å². The molecule has 4 fully saturated rings. The predicted octanol–water partition coefficient (Wildman–Crippen LogP) is 2.08. The van der Waals surface area contributed by atoms with Crippen molar-refractivity contribution >= 4 is 15.9 Å². The van der Waals surface area contributed by atoms with Crippen molar-refractivity contribution in [2.75, 3.05) is 26.7 Å². The van der Waals surface area contributed by atoms with Gasteiger partial charge in [-0.05, 0) is 67.8 Å². The summed E-state index contributed by atoms with van der Waals surface area (Å²) in [6, 6.07) is -2.94. The van der Waals surface area contributed by atoms with Crippen molar-refractivity contribution in [3.8, 4) is 0 Å². The Balaban J connectivity index is 1.50. The number of hydrogen-bond donors (Lipinski definition) is 2. The van der Waals surface area contributed by atoms with Gasteiger partial charge >= 0.3 is 0 Å². The lowest BCUT2D eigenvalue weighted by molar-refractivity contribution is -0.128. The molecular formula is C23H32FN3O3S. The summed E-state index contributed by atoms with van der Waals surface area (Å²) in [5.74, 6) is -2.91. The average molecular weight is 454 g/mol. The zero-order valence-electron chi connectivity index (χ0n) is 22.1. The van der Waals surface area contributed by atoms with Gasteiger partial charge in [-0.3, -0.25) is 4.79 Å². The number of nitrogens with zero attached hydrogens (tertiary/aromatic N) is 1. The Hall–Kier alpha value is -1.51. The second kappa shape index (κ2) is 6.99. The van der Waals surface area contributed by atoms with Gasteiger partial charge in [0.25, 0.3) is 0 Å². The minimum atomic E-state index is -3.59. The third-order valence-electron chi connectivity index (χ3n) is 8.79. The van der Waals surface area contributed by atoms with Crippen molar-refractivity contribution in [1.82, 2.24) is 14.9 Å². The number of carbonyl (C=O) groups is 1. The number of hydrogen-bond acceptors (Lipinski definition) is 4. The van der Waals surface area contributed by atoms with E-state index in [0.29, 0.717) is 26.1 Å². The highest BCUT2D eigenvalue weighted by Crippen LogP contribution is 2.68. The molecule has 8 heteroatoms. The van der Waals surface area contributed by atoms with E-state index < -0.39 is 68.6 Å². The Kier molecular flexibility index (Phi) is 3.84. The first-order valence-corrected chi connectivity index (χ1v) is 12.5. The number of halogens is 1. The van der Waals surface area contributed by atoms with Crippen molar-refractivity contribution in [3.05, 3.63) is 35.6 Å². The van der Waals surface area contributed by atoms with Crippen LogP contribution in [-0.4, -0.2) is 57.2 Å². The van der Waals surface area contributed by atoms with Crippen molar-refractivity contribution in [2.24, 2.45) is 22.7 Å². The first kappa shape index (κ1) is 17.0. The Morgan fingerprint density at radius 3 is 2.71 bits per heavy atom. The molecule has 4 unspecified atom stereocenters. The molecule has 2 aliphatic carbocycles. The van der Waals surface area contributed by atoms with Crippen molar-refractivity contribution in [1.29, 1.82) is 0 Å². The minimum absolute atomic E-state index is 0.0112. The van der Waals surface area contributed by atoms with Gasteiger partial charge in [-0.25, -0.2) is 17.5 Å². The summed E-state index contributed by atoms with van der Waals surface area (Å²) in [5, 5.41) is 2.37. The molecule has 0 radical (unpaired) electrons. The van der Waals surface area contributed by atoms with E-state index in [2.05, 4.69) is 23.9 Å². The standard InChI is InChI=1S/C23H32FN3O3S/c1-22(2)18-8-10-23(22)13-25-31(29,30)20(23)19(18)26-21(28)17-12-27(3)11-9-16(17)14-4-6-15(24)7-5-14/h4-7,16-20,25H,8-13H2,1-3H3,(H,26,28)/t16-,17-,18?,19?,20?,23?/m0/s1/i4D,5D,6D,7D. The number of fused-ring (bicyclic) bond motifs is 1. The molecule has 5 rings (SSSR count). The molecule has 2 aliphatic heterocycles. The average Bonchev–Trinajstić information content (AvgIpc) is 3.30. The van der Waals surface area contributed by atoms with Gasteiger partial charge < -0.3 is 10.2 Å². The van der Waals surface area contributed by atoms with E-state index in [1.807, 2.05) is 11.9 Å². The van der Waals surface area contributed by atoms with Crippen LogP contribution in [0.15, 0.2) is 24.2 Å². The summed E-state index contributed by atoms with van der Waals surface area (Å²) in [6.07, 6.45) is 2.03. The van der Waals surface area contributed by atoms with Gasteiger partial charge in [-0.1, -0.05) is 25.9 Å². The van der Waals surface area contributed by atoms with Crippen LogP contribution < -0.4 is 10.0 Å². The van der Waals surface area contributed by atoms with Gasteiger partial charge in [0, 0.05) is 18.5 Å². The van der Waals surface area contributed by atoms with E-state index in [-0.39, 0.29) is 22.8 Å². The molecule has 6 nitrogen and oxygen atoms in total. The molecule has 2 N–H and O–H groups in total. The smallest absolute Gasteiger partial charge is 0.225 e. The van der Waals surface area contributed by atoms with Gasteiger partial charge in [0.15, 0.2) is 0 Å². The lowest BCUT2D eigenvalue weighted by Crippen LogP contribution is -2.55. The number of benzene rings is 1. The molecule has 1 spiro atoms. The highest BCUT2D eigenvalue weighted by atomic mass is 32.2. The maximum absolute atomic E-state index is 14.2. The van der Waals surface area contributed by atoms with Crippen LogP contribution in [0.5, 0.6) is 0 Å².